The lowest BCUT2D eigenvalue weighted by Crippen LogP contribution is -2.28. The molecule has 5 heteroatoms. The molecule has 2 aromatic rings. The van der Waals surface area contributed by atoms with Gasteiger partial charge in [0.25, 0.3) is 0 Å². The highest BCUT2D eigenvalue weighted by Gasteiger charge is 2.33. The monoisotopic (exact) mass is 370 g/mol. The van der Waals surface area contributed by atoms with E-state index in [1.54, 1.807) is 19.1 Å². The quantitative estimate of drug-likeness (QED) is 0.599. The van der Waals surface area contributed by atoms with Gasteiger partial charge in [0.15, 0.2) is 5.58 Å². The van der Waals surface area contributed by atoms with Crippen LogP contribution in [0, 0.1) is 5.92 Å². The van der Waals surface area contributed by atoms with Crippen molar-refractivity contribution < 1.29 is 19.4 Å². The van der Waals surface area contributed by atoms with Crippen molar-refractivity contribution in [2.45, 2.75) is 52.2 Å². The summed E-state index contributed by atoms with van der Waals surface area (Å²) in [5.41, 5.74) is 0.550. The van der Waals surface area contributed by atoms with E-state index in [1.807, 2.05) is 26.8 Å². The Morgan fingerprint density at radius 1 is 1.37 bits per heavy atom. The molecule has 3 rings (SSSR count). The van der Waals surface area contributed by atoms with E-state index in [-0.39, 0.29) is 22.8 Å². The molecule has 2 N–H and O–H groups in total. The third-order valence-electron chi connectivity index (χ3n) is 4.97. The molecule has 1 aliphatic rings. The molecule has 0 aliphatic carbocycles. The molecular formula is C22H26O5. The summed E-state index contributed by atoms with van der Waals surface area (Å²) in [5, 5.41) is 22.4. The minimum absolute atomic E-state index is 0.137. The van der Waals surface area contributed by atoms with Crippen molar-refractivity contribution >= 4 is 17.0 Å². The zero-order valence-corrected chi connectivity index (χ0v) is 16.2. The molecule has 0 amide bonds. The molecule has 0 fully saturated rings. The molecule has 144 valence electrons. The summed E-state index contributed by atoms with van der Waals surface area (Å²) < 4.78 is 11.6. The van der Waals surface area contributed by atoms with Crippen LogP contribution in [0.25, 0.3) is 17.0 Å². The van der Waals surface area contributed by atoms with Gasteiger partial charge in [0.05, 0.1) is 22.6 Å². The molecule has 1 aliphatic heterocycles. The SMILES string of the molecule is C=C[C@@H](C)[C@@H](O)c1c(O)c2c(c3c(CCC)cc(=O)oc13)OC(C)(C)C=C2. The first kappa shape index (κ1) is 19.2. The molecule has 2 heterocycles. The van der Waals surface area contributed by atoms with Crippen LogP contribution in [0.2, 0.25) is 0 Å². The largest absolute Gasteiger partial charge is 0.507 e. The van der Waals surface area contributed by atoms with Crippen molar-refractivity contribution in [2.24, 2.45) is 5.92 Å². The van der Waals surface area contributed by atoms with Crippen molar-refractivity contribution in [2.75, 3.05) is 0 Å². The molecule has 0 unspecified atom stereocenters. The Balaban J connectivity index is 2.48. The molecule has 1 aromatic carbocycles. The van der Waals surface area contributed by atoms with Gasteiger partial charge < -0.3 is 19.4 Å². The third kappa shape index (κ3) is 3.28. The molecule has 5 nitrogen and oxygen atoms in total. The Hall–Kier alpha value is -2.53. The number of benzene rings is 1. The number of aliphatic hydroxyl groups excluding tert-OH is 1. The number of aromatic hydroxyl groups is 1. The molecule has 0 saturated carbocycles. The highest BCUT2D eigenvalue weighted by molar-refractivity contribution is 5.96. The Morgan fingerprint density at radius 2 is 2.07 bits per heavy atom. The number of aliphatic hydroxyl groups is 1. The van der Waals surface area contributed by atoms with Crippen molar-refractivity contribution in [3.8, 4) is 11.5 Å². The Morgan fingerprint density at radius 3 is 2.70 bits per heavy atom. The second-order valence-electron chi connectivity index (χ2n) is 7.63. The van der Waals surface area contributed by atoms with Crippen molar-refractivity contribution in [3.05, 3.63) is 51.9 Å². The van der Waals surface area contributed by atoms with Crippen LogP contribution in [0.4, 0.5) is 0 Å². The van der Waals surface area contributed by atoms with Crippen molar-refractivity contribution in [1.29, 1.82) is 0 Å². The van der Waals surface area contributed by atoms with E-state index < -0.39 is 17.3 Å². The Bertz CT molecular complexity index is 981. The fourth-order valence-corrected chi connectivity index (χ4v) is 3.45. The van der Waals surface area contributed by atoms with Crippen LogP contribution in [0.1, 0.15) is 56.9 Å². The lowest BCUT2D eigenvalue weighted by atomic mass is 9.89. The fourth-order valence-electron chi connectivity index (χ4n) is 3.45. The maximum atomic E-state index is 12.2. The standard InChI is InChI=1S/C22H26O5/c1-6-8-13-11-15(23)26-21-16(13)20-14(9-10-22(4,5)27-20)19(25)17(21)18(24)12(3)7-2/h7,9-12,18,24-25H,2,6,8H2,1,3-5H3/t12-,18-/m1/s1. The van der Waals surface area contributed by atoms with E-state index in [2.05, 4.69) is 6.58 Å². The summed E-state index contributed by atoms with van der Waals surface area (Å²) in [6, 6.07) is 1.46. The highest BCUT2D eigenvalue weighted by Crippen LogP contribution is 2.48. The van der Waals surface area contributed by atoms with Crippen LogP contribution in [-0.4, -0.2) is 15.8 Å². The number of phenols is 1. The van der Waals surface area contributed by atoms with E-state index in [1.165, 1.54) is 6.07 Å². The van der Waals surface area contributed by atoms with Crippen molar-refractivity contribution in [3.63, 3.8) is 0 Å². The van der Waals surface area contributed by atoms with E-state index in [9.17, 15) is 15.0 Å². The smallest absolute Gasteiger partial charge is 0.336 e. The summed E-state index contributed by atoms with van der Waals surface area (Å²) in [6.07, 6.45) is 5.65. The fraction of sp³-hybridized carbons (Fsp3) is 0.409. The normalized spacial score (nSPS) is 17.2. The summed E-state index contributed by atoms with van der Waals surface area (Å²) in [5.74, 6) is -0.00568. The van der Waals surface area contributed by atoms with Gasteiger partial charge >= 0.3 is 5.63 Å². The van der Waals surface area contributed by atoms with Gasteiger partial charge in [-0.05, 0) is 38.0 Å². The van der Waals surface area contributed by atoms with Gasteiger partial charge in [0.2, 0.25) is 0 Å². The number of rotatable bonds is 5. The molecule has 1 aromatic heterocycles. The van der Waals surface area contributed by atoms with Gasteiger partial charge in [-0.1, -0.05) is 26.3 Å². The van der Waals surface area contributed by atoms with Gasteiger partial charge in [-0.3, -0.25) is 0 Å². The van der Waals surface area contributed by atoms with Gasteiger partial charge in [0.1, 0.15) is 17.1 Å². The molecule has 0 radical (unpaired) electrons. The van der Waals surface area contributed by atoms with E-state index in [0.717, 1.165) is 12.0 Å². The minimum Gasteiger partial charge on any atom is -0.507 e. The topological polar surface area (TPSA) is 79.9 Å². The van der Waals surface area contributed by atoms with Gasteiger partial charge in [-0.25, -0.2) is 4.79 Å². The Labute approximate surface area is 158 Å². The number of hydrogen-bond acceptors (Lipinski definition) is 5. The lowest BCUT2D eigenvalue weighted by Gasteiger charge is -2.31. The van der Waals surface area contributed by atoms with Crippen LogP contribution < -0.4 is 10.4 Å². The molecule has 0 bridgehead atoms. The number of phenolic OH excluding ortho intramolecular Hbond substituents is 1. The molecule has 2 atom stereocenters. The molecular weight excluding hydrogens is 344 g/mol. The summed E-state index contributed by atoms with van der Waals surface area (Å²) in [7, 11) is 0. The molecule has 0 saturated heterocycles. The third-order valence-corrected chi connectivity index (χ3v) is 4.97. The Kier molecular flexibility index (Phi) is 4.91. The van der Waals surface area contributed by atoms with Crippen LogP contribution in [-0.2, 0) is 6.42 Å². The maximum absolute atomic E-state index is 12.2. The average molecular weight is 370 g/mol. The maximum Gasteiger partial charge on any atom is 0.336 e. The van der Waals surface area contributed by atoms with E-state index in [4.69, 9.17) is 9.15 Å². The second kappa shape index (κ2) is 6.89. The summed E-state index contributed by atoms with van der Waals surface area (Å²) >= 11 is 0. The zero-order valence-electron chi connectivity index (χ0n) is 16.2. The number of hydrogen-bond donors (Lipinski definition) is 2. The first-order chi connectivity index (χ1) is 12.7. The van der Waals surface area contributed by atoms with Crippen molar-refractivity contribution in [1.82, 2.24) is 0 Å². The number of fused-ring (bicyclic) bond motifs is 3. The van der Waals surface area contributed by atoms with E-state index >= 15 is 0 Å². The van der Waals surface area contributed by atoms with Gasteiger partial charge in [-0.2, -0.15) is 0 Å². The van der Waals surface area contributed by atoms with Crippen LogP contribution >= 0.6 is 0 Å². The highest BCUT2D eigenvalue weighted by atomic mass is 16.5. The van der Waals surface area contributed by atoms with Crippen LogP contribution in [0.3, 0.4) is 0 Å². The lowest BCUT2D eigenvalue weighted by molar-refractivity contribution is 0.135. The molecule has 0 spiro atoms. The van der Waals surface area contributed by atoms with Crippen LogP contribution in [0.5, 0.6) is 11.5 Å². The molecule has 27 heavy (non-hydrogen) atoms. The van der Waals surface area contributed by atoms with Gasteiger partial charge in [-0.15, -0.1) is 6.58 Å². The second-order valence-corrected chi connectivity index (χ2v) is 7.63. The summed E-state index contributed by atoms with van der Waals surface area (Å²) in [4.78, 5) is 12.2. The van der Waals surface area contributed by atoms with E-state index in [0.29, 0.717) is 23.1 Å². The predicted octanol–water partition coefficient (Wildman–Crippen LogP) is 4.49. The first-order valence-corrected chi connectivity index (χ1v) is 9.24. The van der Waals surface area contributed by atoms with Gasteiger partial charge in [0, 0.05) is 12.0 Å². The number of aryl methyl sites for hydroxylation is 1. The number of ether oxygens (including phenoxy) is 1. The average Bonchev–Trinajstić information content (AvgIpc) is 2.59. The minimum atomic E-state index is -1.07. The predicted molar refractivity (Wildman–Crippen MR) is 106 cm³/mol. The summed E-state index contributed by atoms with van der Waals surface area (Å²) in [6.45, 7) is 11.3. The van der Waals surface area contributed by atoms with Crippen LogP contribution in [0.15, 0.2) is 34.0 Å². The first-order valence-electron chi connectivity index (χ1n) is 9.24. The zero-order chi connectivity index (χ0) is 19.9.